The van der Waals surface area contributed by atoms with E-state index in [2.05, 4.69) is 4.90 Å². The highest BCUT2D eigenvalue weighted by Gasteiger charge is 2.27. The van der Waals surface area contributed by atoms with Crippen LogP contribution in [-0.4, -0.2) is 48.9 Å². The number of benzene rings is 1. The second kappa shape index (κ2) is 5.75. The van der Waals surface area contributed by atoms with Gasteiger partial charge in [-0.3, -0.25) is 4.79 Å². The molecular weight excluding hydrogens is 264 g/mol. The Kier molecular flexibility index (Phi) is 4.23. The van der Waals surface area contributed by atoms with E-state index in [0.29, 0.717) is 19.2 Å². The van der Waals surface area contributed by atoms with Crippen LogP contribution in [0, 0.1) is 11.6 Å². The number of carbonyl (C=O) groups excluding carboxylic acids is 1. The zero-order valence-corrected chi connectivity index (χ0v) is 11.7. The van der Waals surface area contributed by atoms with Gasteiger partial charge in [-0.25, -0.2) is 8.78 Å². The summed E-state index contributed by atoms with van der Waals surface area (Å²) in [6, 6.07) is 2.00. The minimum absolute atomic E-state index is 0.164. The zero-order chi connectivity index (χ0) is 14.9. The molecule has 2 rings (SSSR count). The van der Waals surface area contributed by atoms with E-state index < -0.39 is 17.5 Å². The molecule has 0 aromatic heterocycles. The molecule has 6 heteroatoms. The van der Waals surface area contributed by atoms with Crippen LogP contribution in [0.1, 0.15) is 23.2 Å². The molecule has 1 aromatic carbocycles. The predicted octanol–water partition coefficient (Wildman–Crippen LogP) is 1.71. The third-order valence-electron chi connectivity index (χ3n) is 3.73. The number of rotatable bonds is 2. The fourth-order valence-electron chi connectivity index (χ4n) is 2.46. The Bertz CT molecular complexity index is 519. The van der Waals surface area contributed by atoms with Crippen LogP contribution in [0.15, 0.2) is 12.1 Å². The molecule has 1 saturated heterocycles. The van der Waals surface area contributed by atoms with Crippen molar-refractivity contribution in [2.45, 2.75) is 18.9 Å². The van der Waals surface area contributed by atoms with E-state index in [9.17, 15) is 13.6 Å². The molecule has 2 N–H and O–H groups in total. The molecule has 1 atom stereocenters. The molecule has 110 valence electrons. The van der Waals surface area contributed by atoms with Crippen LogP contribution >= 0.6 is 0 Å². The van der Waals surface area contributed by atoms with Crippen molar-refractivity contribution < 1.29 is 13.6 Å². The van der Waals surface area contributed by atoms with Gasteiger partial charge in [0.15, 0.2) is 0 Å². The second-order valence-corrected chi connectivity index (χ2v) is 5.36. The molecule has 0 saturated carbocycles. The topological polar surface area (TPSA) is 49.6 Å². The summed E-state index contributed by atoms with van der Waals surface area (Å²) in [5.74, 6) is -2.14. The molecule has 1 aliphatic heterocycles. The number of hydrogen-bond donors (Lipinski definition) is 1. The van der Waals surface area contributed by atoms with E-state index in [1.54, 1.807) is 4.90 Å². The Morgan fingerprint density at radius 3 is 2.70 bits per heavy atom. The van der Waals surface area contributed by atoms with Gasteiger partial charge in [-0.15, -0.1) is 0 Å². The van der Waals surface area contributed by atoms with Crippen LogP contribution in [0.25, 0.3) is 0 Å². The van der Waals surface area contributed by atoms with Crippen molar-refractivity contribution in [3.8, 4) is 0 Å². The number of amides is 1. The van der Waals surface area contributed by atoms with Gasteiger partial charge in [0.25, 0.3) is 5.91 Å². The largest absolute Gasteiger partial charge is 0.396 e. The van der Waals surface area contributed by atoms with Gasteiger partial charge in [-0.1, -0.05) is 0 Å². The van der Waals surface area contributed by atoms with Gasteiger partial charge >= 0.3 is 0 Å². The van der Waals surface area contributed by atoms with E-state index in [0.717, 1.165) is 18.9 Å². The second-order valence-electron chi connectivity index (χ2n) is 5.36. The Morgan fingerprint density at radius 2 is 2.05 bits per heavy atom. The van der Waals surface area contributed by atoms with Crippen LogP contribution < -0.4 is 5.73 Å². The fraction of sp³-hybridized carbons (Fsp3) is 0.500. The molecule has 4 nitrogen and oxygen atoms in total. The molecule has 1 amide bonds. The highest BCUT2D eigenvalue weighted by molar-refractivity contribution is 5.95. The Morgan fingerprint density at radius 1 is 1.35 bits per heavy atom. The molecular formula is C14H19F2N3O. The minimum Gasteiger partial charge on any atom is -0.396 e. The first-order chi connectivity index (χ1) is 9.40. The summed E-state index contributed by atoms with van der Waals surface area (Å²) in [6.45, 7) is 1.13. The van der Waals surface area contributed by atoms with Gasteiger partial charge in [0.2, 0.25) is 0 Å². The van der Waals surface area contributed by atoms with Crippen molar-refractivity contribution in [3.63, 3.8) is 0 Å². The van der Waals surface area contributed by atoms with Crippen LogP contribution in [0.5, 0.6) is 0 Å². The molecule has 0 aliphatic carbocycles. The summed E-state index contributed by atoms with van der Waals surface area (Å²) in [7, 11) is 3.91. The quantitative estimate of drug-likeness (QED) is 0.841. The summed E-state index contributed by atoms with van der Waals surface area (Å²) in [4.78, 5) is 16.0. The maximum atomic E-state index is 13.7. The van der Waals surface area contributed by atoms with E-state index in [4.69, 9.17) is 5.73 Å². The molecule has 1 aliphatic rings. The van der Waals surface area contributed by atoms with E-state index in [-0.39, 0.29) is 17.3 Å². The average molecular weight is 283 g/mol. The van der Waals surface area contributed by atoms with Crippen molar-refractivity contribution in [1.29, 1.82) is 0 Å². The zero-order valence-electron chi connectivity index (χ0n) is 11.7. The molecule has 0 radical (unpaired) electrons. The highest BCUT2D eigenvalue weighted by Crippen LogP contribution is 2.21. The predicted molar refractivity (Wildman–Crippen MR) is 73.4 cm³/mol. The number of nitrogen functional groups attached to an aromatic ring is 1. The number of hydrogen-bond acceptors (Lipinski definition) is 3. The van der Waals surface area contributed by atoms with Crippen molar-refractivity contribution in [1.82, 2.24) is 9.80 Å². The van der Waals surface area contributed by atoms with Crippen molar-refractivity contribution in [2.24, 2.45) is 0 Å². The lowest BCUT2D eigenvalue weighted by atomic mass is 10.0. The van der Waals surface area contributed by atoms with Gasteiger partial charge in [0.1, 0.15) is 11.6 Å². The van der Waals surface area contributed by atoms with Gasteiger partial charge in [-0.05, 0) is 33.0 Å². The Labute approximate surface area is 117 Å². The molecule has 1 fully saturated rings. The van der Waals surface area contributed by atoms with Gasteiger partial charge in [-0.2, -0.15) is 0 Å². The molecule has 20 heavy (non-hydrogen) atoms. The van der Waals surface area contributed by atoms with Crippen LogP contribution in [0.4, 0.5) is 14.5 Å². The summed E-state index contributed by atoms with van der Waals surface area (Å²) in [6.07, 6.45) is 1.87. The minimum atomic E-state index is -0.867. The number of nitrogens with zero attached hydrogens (tertiary/aromatic N) is 2. The summed E-state index contributed by atoms with van der Waals surface area (Å²) < 4.78 is 26.9. The Balaban J connectivity index is 2.21. The fourth-order valence-corrected chi connectivity index (χ4v) is 2.46. The molecule has 1 unspecified atom stereocenters. The highest BCUT2D eigenvalue weighted by atomic mass is 19.1. The number of piperidine rings is 1. The van der Waals surface area contributed by atoms with Crippen LogP contribution in [0.2, 0.25) is 0 Å². The van der Waals surface area contributed by atoms with E-state index >= 15 is 0 Å². The molecule has 1 heterocycles. The van der Waals surface area contributed by atoms with Crippen molar-refractivity contribution in [3.05, 3.63) is 29.3 Å². The maximum Gasteiger partial charge on any atom is 0.256 e. The van der Waals surface area contributed by atoms with Crippen LogP contribution in [0.3, 0.4) is 0 Å². The van der Waals surface area contributed by atoms with Gasteiger partial charge in [0, 0.05) is 25.2 Å². The molecule has 0 bridgehead atoms. The lowest BCUT2D eigenvalue weighted by Gasteiger charge is -2.36. The lowest BCUT2D eigenvalue weighted by Crippen LogP contribution is -2.47. The van der Waals surface area contributed by atoms with Crippen molar-refractivity contribution >= 4 is 11.6 Å². The van der Waals surface area contributed by atoms with Gasteiger partial charge in [0.05, 0.1) is 11.3 Å². The maximum absolute atomic E-state index is 13.7. The third-order valence-corrected chi connectivity index (χ3v) is 3.73. The first-order valence-corrected chi connectivity index (χ1v) is 6.60. The summed E-state index contributed by atoms with van der Waals surface area (Å²) in [5.41, 5.74) is 5.04. The average Bonchev–Trinajstić information content (AvgIpc) is 2.42. The standard InChI is InChI=1S/C14H19F2N3O/c1-18(2)9-4-3-5-19(8-9)14(20)10-6-13(17)12(16)7-11(10)15/h6-7,9H,3-5,8,17H2,1-2H3. The number of likely N-dealkylation sites (tertiary alicyclic amines) is 1. The first kappa shape index (κ1) is 14.7. The van der Waals surface area contributed by atoms with Gasteiger partial charge < -0.3 is 15.5 Å². The monoisotopic (exact) mass is 283 g/mol. The van der Waals surface area contributed by atoms with Crippen molar-refractivity contribution in [2.75, 3.05) is 32.9 Å². The smallest absolute Gasteiger partial charge is 0.256 e. The first-order valence-electron chi connectivity index (χ1n) is 6.60. The number of carbonyl (C=O) groups is 1. The van der Waals surface area contributed by atoms with Crippen LogP contribution in [-0.2, 0) is 0 Å². The van der Waals surface area contributed by atoms with E-state index in [1.807, 2.05) is 14.1 Å². The summed E-state index contributed by atoms with van der Waals surface area (Å²) in [5, 5.41) is 0. The SMILES string of the molecule is CN(C)C1CCCN(C(=O)c2cc(N)c(F)cc2F)C1. The number of nitrogens with two attached hydrogens (primary N) is 1. The molecule has 0 spiro atoms. The number of anilines is 1. The normalized spacial score (nSPS) is 19.4. The third kappa shape index (κ3) is 2.90. The number of likely N-dealkylation sites (N-methyl/N-ethyl adjacent to an activating group) is 1. The number of halogens is 2. The summed E-state index contributed by atoms with van der Waals surface area (Å²) >= 11 is 0. The lowest BCUT2D eigenvalue weighted by molar-refractivity contribution is 0.0630. The molecule has 1 aromatic rings. The van der Waals surface area contributed by atoms with E-state index in [1.165, 1.54) is 0 Å². The Hall–Kier alpha value is -1.69.